The van der Waals surface area contributed by atoms with E-state index in [1.807, 2.05) is 0 Å². The van der Waals surface area contributed by atoms with Crippen molar-refractivity contribution in [2.75, 3.05) is 11.9 Å². The van der Waals surface area contributed by atoms with Gasteiger partial charge in [0.05, 0.1) is 17.4 Å². The van der Waals surface area contributed by atoms with Crippen molar-refractivity contribution >= 4 is 17.5 Å². The minimum Gasteiger partial charge on any atom is -0.354 e. The molecule has 0 saturated heterocycles. The van der Waals surface area contributed by atoms with Gasteiger partial charge >= 0.3 is 0 Å². The van der Waals surface area contributed by atoms with Gasteiger partial charge in [-0.1, -0.05) is 18.5 Å². The standard InChI is InChI=1S/C9H15ClN4/c1-2-8(11)3-4-12-9-13-5-7(10)6-14-9/h5-6,8H,2-4,11H2,1H3,(H,12,13,14). The highest BCUT2D eigenvalue weighted by Crippen LogP contribution is 2.05. The number of hydrogen-bond acceptors (Lipinski definition) is 4. The van der Waals surface area contributed by atoms with Crippen LogP contribution in [0.15, 0.2) is 12.4 Å². The van der Waals surface area contributed by atoms with E-state index in [0.29, 0.717) is 11.0 Å². The molecule has 0 bridgehead atoms. The fourth-order valence-corrected chi connectivity index (χ4v) is 1.07. The van der Waals surface area contributed by atoms with Crippen molar-refractivity contribution in [3.63, 3.8) is 0 Å². The highest BCUT2D eigenvalue weighted by molar-refractivity contribution is 6.30. The van der Waals surface area contributed by atoms with E-state index in [-0.39, 0.29) is 6.04 Å². The van der Waals surface area contributed by atoms with Crippen LogP contribution in [-0.2, 0) is 0 Å². The molecule has 1 unspecified atom stereocenters. The van der Waals surface area contributed by atoms with Crippen molar-refractivity contribution in [2.45, 2.75) is 25.8 Å². The van der Waals surface area contributed by atoms with E-state index in [9.17, 15) is 0 Å². The first-order valence-corrected chi connectivity index (χ1v) is 5.07. The van der Waals surface area contributed by atoms with E-state index in [0.717, 1.165) is 19.4 Å². The Hall–Kier alpha value is -0.870. The largest absolute Gasteiger partial charge is 0.354 e. The Morgan fingerprint density at radius 2 is 2.14 bits per heavy atom. The van der Waals surface area contributed by atoms with Gasteiger partial charge in [0.1, 0.15) is 0 Å². The predicted octanol–water partition coefficient (Wildman–Crippen LogP) is 1.67. The van der Waals surface area contributed by atoms with E-state index in [1.54, 1.807) is 12.4 Å². The average molecular weight is 215 g/mol. The van der Waals surface area contributed by atoms with E-state index < -0.39 is 0 Å². The van der Waals surface area contributed by atoms with Gasteiger partial charge in [-0.15, -0.1) is 0 Å². The molecule has 0 aliphatic rings. The molecule has 0 aliphatic carbocycles. The van der Waals surface area contributed by atoms with Crippen LogP contribution in [0.3, 0.4) is 0 Å². The molecule has 0 spiro atoms. The maximum atomic E-state index is 5.76. The first kappa shape index (κ1) is 11.2. The maximum Gasteiger partial charge on any atom is 0.222 e. The van der Waals surface area contributed by atoms with Crippen molar-refractivity contribution in [2.24, 2.45) is 5.73 Å². The molecule has 0 amide bonds. The van der Waals surface area contributed by atoms with Gasteiger partial charge in [0.25, 0.3) is 0 Å². The van der Waals surface area contributed by atoms with Gasteiger partial charge < -0.3 is 11.1 Å². The Morgan fingerprint density at radius 3 is 2.71 bits per heavy atom. The number of nitrogens with one attached hydrogen (secondary N) is 1. The summed E-state index contributed by atoms with van der Waals surface area (Å²) < 4.78 is 0. The fourth-order valence-electron chi connectivity index (χ4n) is 0.977. The second kappa shape index (κ2) is 5.78. The van der Waals surface area contributed by atoms with Gasteiger partial charge in [-0.25, -0.2) is 9.97 Å². The molecule has 0 fully saturated rings. The number of aromatic nitrogens is 2. The molecule has 0 aliphatic heterocycles. The summed E-state index contributed by atoms with van der Waals surface area (Å²) in [4.78, 5) is 8.01. The third kappa shape index (κ3) is 3.89. The summed E-state index contributed by atoms with van der Waals surface area (Å²) >= 11 is 5.65. The summed E-state index contributed by atoms with van der Waals surface area (Å²) in [5.41, 5.74) is 5.76. The highest BCUT2D eigenvalue weighted by atomic mass is 35.5. The normalized spacial score (nSPS) is 12.5. The van der Waals surface area contributed by atoms with Crippen LogP contribution < -0.4 is 11.1 Å². The van der Waals surface area contributed by atoms with Crippen LogP contribution in [0.1, 0.15) is 19.8 Å². The molecular weight excluding hydrogens is 200 g/mol. The molecule has 1 rings (SSSR count). The Bertz CT molecular complexity index is 262. The monoisotopic (exact) mass is 214 g/mol. The van der Waals surface area contributed by atoms with Crippen LogP contribution >= 0.6 is 11.6 Å². The third-order valence-electron chi connectivity index (χ3n) is 1.94. The predicted molar refractivity (Wildman–Crippen MR) is 58.4 cm³/mol. The Balaban J connectivity index is 2.28. The molecule has 0 saturated carbocycles. The smallest absolute Gasteiger partial charge is 0.222 e. The first-order chi connectivity index (χ1) is 6.72. The zero-order chi connectivity index (χ0) is 10.4. The van der Waals surface area contributed by atoms with Crippen molar-refractivity contribution < 1.29 is 0 Å². The fraction of sp³-hybridized carbons (Fsp3) is 0.556. The number of nitrogens with two attached hydrogens (primary N) is 1. The lowest BCUT2D eigenvalue weighted by atomic mass is 10.2. The van der Waals surface area contributed by atoms with Gasteiger partial charge in [-0.3, -0.25) is 0 Å². The van der Waals surface area contributed by atoms with Crippen molar-refractivity contribution in [1.29, 1.82) is 0 Å². The zero-order valence-electron chi connectivity index (χ0n) is 8.20. The minimum atomic E-state index is 0.245. The van der Waals surface area contributed by atoms with Crippen LogP contribution in [0.4, 0.5) is 5.95 Å². The van der Waals surface area contributed by atoms with Crippen molar-refractivity contribution in [3.8, 4) is 0 Å². The summed E-state index contributed by atoms with van der Waals surface area (Å²) in [7, 11) is 0. The lowest BCUT2D eigenvalue weighted by molar-refractivity contribution is 0.612. The van der Waals surface area contributed by atoms with Crippen LogP contribution in [0.25, 0.3) is 0 Å². The van der Waals surface area contributed by atoms with Crippen molar-refractivity contribution in [1.82, 2.24) is 9.97 Å². The van der Waals surface area contributed by atoms with E-state index in [2.05, 4.69) is 22.2 Å². The van der Waals surface area contributed by atoms with Crippen molar-refractivity contribution in [3.05, 3.63) is 17.4 Å². The molecule has 3 N–H and O–H groups in total. The van der Waals surface area contributed by atoms with Gasteiger partial charge in [0.2, 0.25) is 5.95 Å². The molecule has 78 valence electrons. The zero-order valence-corrected chi connectivity index (χ0v) is 8.96. The van der Waals surface area contributed by atoms with Crippen LogP contribution in [-0.4, -0.2) is 22.6 Å². The van der Waals surface area contributed by atoms with Crippen LogP contribution in [0.2, 0.25) is 5.02 Å². The molecule has 4 nitrogen and oxygen atoms in total. The number of hydrogen-bond donors (Lipinski definition) is 2. The van der Waals surface area contributed by atoms with Crippen LogP contribution in [0, 0.1) is 0 Å². The Labute approximate surface area is 88.9 Å². The molecular formula is C9H15ClN4. The number of rotatable bonds is 5. The first-order valence-electron chi connectivity index (χ1n) is 4.69. The molecule has 0 radical (unpaired) electrons. The molecule has 1 heterocycles. The van der Waals surface area contributed by atoms with Crippen LogP contribution in [0.5, 0.6) is 0 Å². The van der Waals surface area contributed by atoms with Gasteiger partial charge in [0, 0.05) is 12.6 Å². The Morgan fingerprint density at radius 1 is 1.50 bits per heavy atom. The summed E-state index contributed by atoms with van der Waals surface area (Å²) in [5, 5.41) is 3.62. The number of anilines is 1. The summed E-state index contributed by atoms with van der Waals surface area (Å²) in [6.07, 6.45) is 5.04. The third-order valence-corrected chi connectivity index (χ3v) is 2.14. The molecule has 14 heavy (non-hydrogen) atoms. The van der Waals surface area contributed by atoms with E-state index in [1.165, 1.54) is 0 Å². The summed E-state index contributed by atoms with van der Waals surface area (Å²) in [6.45, 7) is 2.86. The molecule has 1 aromatic rings. The molecule has 5 heteroatoms. The lowest BCUT2D eigenvalue weighted by Gasteiger charge is -2.08. The highest BCUT2D eigenvalue weighted by Gasteiger charge is 1.99. The molecule has 1 atom stereocenters. The van der Waals surface area contributed by atoms with Gasteiger partial charge in [0.15, 0.2) is 0 Å². The van der Waals surface area contributed by atoms with Gasteiger partial charge in [-0.2, -0.15) is 0 Å². The number of halogens is 1. The average Bonchev–Trinajstić information content (AvgIpc) is 2.21. The van der Waals surface area contributed by atoms with E-state index in [4.69, 9.17) is 17.3 Å². The second-order valence-electron chi connectivity index (χ2n) is 3.11. The SMILES string of the molecule is CCC(N)CCNc1ncc(Cl)cn1. The second-order valence-corrected chi connectivity index (χ2v) is 3.55. The molecule has 0 aromatic carbocycles. The minimum absolute atomic E-state index is 0.245. The lowest BCUT2D eigenvalue weighted by Crippen LogP contribution is -2.22. The summed E-state index contributed by atoms with van der Waals surface area (Å²) in [5.74, 6) is 0.595. The summed E-state index contributed by atoms with van der Waals surface area (Å²) in [6, 6.07) is 0.245. The van der Waals surface area contributed by atoms with E-state index >= 15 is 0 Å². The molecule has 1 aromatic heterocycles. The quantitative estimate of drug-likeness (QED) is 0.783. The maximum absolute atomic E-state index is 5.76. The number of nitrogens with zero attached hydrogens (tertiary/aromatic N) is 2. The topological polar surface area (TPSA) is 63.8 Å². The van der Waals surface area contributed by atoms with Gasteiger partial charge in [-0.05, 0) is 12.8 Å². The Kier molecular flexibility index (Phi) is 4.62.